The summed E-state index contributed by atoms with van der Waals surface area (Å²) in [4.78, 5) is 6.81. The Morgan fingerprint density at radius 3 is 2.94 bits per heavy atom. The van der Waals surface area contributed by atoms with Crippen LogP contribution in [0.15, 0.2) is 24.5 Å². The summed E-state index contributed by atoms with van der Waals surface area (Å²) in [6.07, 6.45) is 7.57. The van der Waals surface area contributed by atoms with Gasteiger partial charge in [-0.25, -0.2) is 0 Å². The van der Waals surface area contributed by atoms with Crippen molar-refractivity contribution in [2.45, 2.75) is 51.2 Å². The van der Waals surface area contributed by atoms with Crippen LogP contribution in [0.3, 0.4) is 0 Å². The van der Waals surface area contributed by atoms with Crippen molar-refractivity contribution in [1.82, 2.24) is 9.88 Å². The van der Waals surface area contributed by atoms with Crippen LogP contribution >= 0.6 is 0 Å². The second-order valence-electron chi connectivity index (χ2n) is 4.97. The summed E-state index contributed by atoms with van der Waals surface area (Å²) < 4.78 is 0. The number of likely N-dealkylation sites (tertiary alicyclic amines) is 1. The third-order valence-corrected chi connectivity index (χ3v) is 3.97. The molecule has 0 saturated carbocycles. The number of nitrogens with two attached hydrogens (primary N) is 1. The van der Waals surface area contributed by atoms with Gasteiger partial charge in [-0.1, -0.05) is 13.0 Å². The van der Waals surface area contributed by atoms with Gasteiger partial charge < -0.3 is 5.73 Å². The van der Waals surface area contributed by atoms with Gasteiger partial charge in [0.1, 0.15) is 0 Å². The molecular weight excluding hydrogens is 210 g/mol. The minimum absolute atomic E-state index is 0.325. The summed E-state index contributed by atoms with van der Waals surface area (Å²) in [5.74, 6) is 0. The van der Waals surface area contributed by atoms with Gasteiger partial charge in [0.15, 0.2) is 0 Å². The summed E-state index contributed by atoms with van der Waals surface area (Å²) in [5.41, 5.74) is 7.25. The molecule has 2 N–H and O–H groups in total. The maximum atomic E-state index is 5.99. The zero-order valence-electron chi connectivity index (χ0n) is 10.8. The van der Waals surface area contributed by atoms with Crippen molar-refractivity contribution in [2.75, 3.05) is 6.54 Å². The third-order valence-electron chi connectivity index (χ3n) is 3.97. The highest BCUT2D eigenvalue weighted by Crippen LogP contribution is 2.34. The molecule has 94 valence electrons. The van der Waals surface area contributed by atoms with Gasteiger partial charge in [-0.2, -0.15) is 0 Å². The van der Waals surface area contributed by atoms with E-state index in [0.717, 1.165) is 0 Å². The molecule has 1 aliphatic rings. The van der Waals surface area contributed by atoms with Crippen LogP contribution in [-0.4, -0.2) is 28.5 Å². The van der Waals surface area contributed by atoms with E-state index in [1.54, 1.807) is 0 Å². The first-order chi connectivity index (χ1) is 8.27. The molecule has 2 rings (SSSR count). The molecule has 3 unspecified atom stereocenters. The lowest BCUT2D eigenvalue weighted by Gasteiger charge is -2.35. The van der Waals surface area contributed by atoms with Gasteiger partial charge in [0, 0.05) is 37.1 Å². The van der Waals surface area contributed by atoms with Crippen molar-refractivity contribution in [3.8, 4) is 0 Å². The predicted molar refractivity (Wildman–Crippen MR) is 70.6 cm³/mol. The Bertz CT molecular complexity index is 339. The Morgan fingerprint density at radius 2 is 2.35 bits per heavy atom. The van der Waals surface area contributed by atoms with Crippen LogP contribution in [0.4, 0.5) is 0 Å². The van der Waals surface area contributed by atoms with Gasteiger partial charge in [-0.05, 0) is 37.8 Å². The SMILES string of the molecule is CCC1CCC(C)N1C(CN)c1cccnc1. The summed E-state index contributed by atoms with van der Waals surface area (Å²) in [5, 5.41) is 0. The predicted octanol–water partition coefficient (Wildman–Crippen LogP) is 2.34. The van der Waals surface area contributed by atoms with E-state index in [9.17, 15) is 0 Å². The molecule has 3 heteroatoms. The monoisotopic (exact) mass is 233 g/mol. The standard InChI is InChI=1S/C14H23N3/c1-3-13-7-6-11(2)17(13)14(9-15)12-5-4-8-16-10-12/h4-5,8,10-11,13-14H,3,6-7,9,15H2,1-2H3. The van der Waals surface area contributed by atoms with E-state index in [1.165, 1.54) is 24.8 Å². The van der Waals surface area contributed by atoms with Crippen molar-refractivity contribution in [1.29, 1.82) is 0 Å². The molecule has 0 spiro atoms. The minimum atomic E-state index is 0.325. The molecule has 2 heterocycles. The molecule has 1 aromatic rings. The zero-order valence-corrected chi connectivity index (χ0v) is 10.8. The number of hydrogen-bond acceptors (Lipinski definition) is 3. The van der Waals surface area contributed by atoms with Crippen molar-refractivity contribution in [2.24, 2.45) is 5.73 Å². The second-order valence-corrected chi connectivity index (χ2v) is 4.97. The van der Waals surface area contributed by atoms with Crippen molar-refractivity contribution >= 4 is 0 Å². The van der Waals surface area contributed by atoms with Gasteiger partial charge in [-0.15, -0.1) is 0 Å². The van der Waals surface area contributed by atoms with Gasteiger partial charge in [0.25, 0.3) is 0 Å². The van der Waals surface area contributed by atoms with Crippen molar-refractivity contribution < 1.29 is 0 Å². The summed E-state index contributed by atoms with van der Waals surface area (Å²) in [6.45, 7) is 5.26. The average molecular weight is 233 g/mol. The summed E-state index contributed by atoms with van der Waals surface area (Å²) in [6, 6.07) is 5.78. The van der Waals surface area contributed by atoms with Gasteiger partial charge in [0.2, 0.25) is 0 Å². The van der Waals surface area contributed by atoms with Crippen LogP contribution in [0.2, 0.25) is 0 Å². The Morgan fingerprint density at radius 1 is 1.53 bits per heavy atom. The number of pyridine rings is 1. The van der Waals surface area contributed by atoms with E-state index in [1.807, 2.05) is 18.5 Å². The first-order valence-corrected chi connectivity index (χ1v) is 6.65. The lowest BCUT2D eigenvalue weighted by molar-refractivity contribution is 0.136. The fourth-order valence-corrected chi connectivity index (χ4v) is 3.07. The molecule has 0 aromatic carbocycles. The fourth-order valence-electron chi connectivity index (χ4n) is 3.07. The van der Waals surface area contributed by atoms with E-state index < -0.39 is 0 Å². The molecular formula is C14H23N3. The number of hydrogen-bond donors (Lipinski definition) is 1. The van der Waals surface area contributed by atoms with Gasteiger partial charge in [-0.3, -0.25) is 9.88 Å². The minimum Gasteiger partial charge on any atom is -0.329 e. The van der Waals surface area contributed by atoms with Crippen molar-refractivity contribution in [3.63, 3.8) is 0 Å². The first kappa shape index (κ1) is 12.5. The topological polar surface area (TPSA) is 42.1 Å². The average Bonchev–Trinajstić information content (AvgIpc) is 2.74. The number of aromatic nitrogens is 1. The normalized spacial score (nSPS) is 27.2. The molecule has 0 aliphatic carbocycles. The Labute approximate surface area is 104 Å². The highest BCUT2D eigenvalue weighted by atomic mass is 15.2. The largest absolute Gasteiger partial charge is 0.329 e. The van der Waals surface area contributed by atoms with E-state index >= 15 is 0 Å². The maximum Gasteiger partial charge on any atom is 0.0491 e. The van der Waals surface area contributed by atoms with E-state index in [-0.39, 0.29) is 0 Å². The van der Waals surface area contributed by atoms with Gasteiger partial charge in [0.05, 0.1) is 0 Å². The lowest BCUT2D eigenvalue weighted by atomic mass is 10.0. The molecule has 3 nitrogen and oxygen atoms in total. The van der Waals surface area contributed by atoms with Crippen LogP contribution in [0.1, 0.15) is 44.7 Å². The smallest absolute Gasteiger partial charge is 0.0491 e. The first-order valence-electron chi connectivity index (χ1n) is 6.65. The van der Waals surface area contributed by atoms with Crippen LogP contribution in [0.25, 0.3) is 0 Å². The zero-order chi connectivity index (χ0) is 12.3. The van der Waals surface area contributed by atoms with Crippen molar-refractivity contribution in [3.05, 3.63) is 30.1 Å². The van der Waals surface area contributed by atoms with E-state index in [4.69, 9.17) is 5.73 Å². The molecule has 1 aliphatic heterocycles. The molecule has 1 aromatic heterocycles. The lowest BCUT2D eigenvalue weighted by Crippen LogP contribution is -2.41. The fraction of sp³-hybridized carbons (Fsp3) is 0.643. The van der Waals surface area contributed by atoms with Crippen LogP contribution in [0, 0.1) is 0 Å². The maximum absolute atomic E-state index is 5.99. The van der Waals surface area contributed by atoms with Gasteiger partial charge >= 0.3 is 0 Å². The number of nitrogens with zero attached hydrogens (tertiary/aromatic N) is 2. The molecule has 1 saturated heterocycles. The number of rotatable bonds is 4. The Balaban J connectivity index is 2.23. The molecule has 1 fully saturated rings. The molecule has 3 atom stereocenters. The highest BCUT2D eigenvalue weighted by molar-refractivity contribution is 5.16. The van der Waals surface area contributed by atoms with Crippen LogP contribution in [-0.2, 0) is 0 Å². The van der Waals surface area contributed by atoms with Crippen LogP contribution in [0.5, 0.6) is 0 Å². The second kappa shape index (κ2) is 5.61. The molecule has 17 heavy (non-hydrogen) atoms. The Kier molecular flexibility index (Phi) is 4.13. The summed E-state index contributed by atoms with van der Waals surface area (Å²) >= 11 is 0. The summed E-state index contributed by atoms with van der Waals surface area (Å²) in [7, 11) is 0. The quantitative estimate of drug-likeness (QED) is 0.868. The highest BCUT2D eigenvalue weighted by Gasteiger charge is 2.34. The molecule has 0 bridgehead atoms. The van der Waals surface area contributed by atoms with E-state index in [0.29, 0.717) is 24.7 Å². The Hall–Kier alpha value is -0.930. The van der Waals surface area contributed by atoms with E-state index in [2.05, 4.69) is 29.8 Å². The third kappa shape index (κ3) is 2.50. The van der Waals surface area contributed by atoms with Crippen LogP contribution < -0.4 is 5.73 Å². The molecule has 0 amide bonds. The molecule has 0 radical (unpaired) electrons.